The van der Waals surface area contributed by atoms with E-state index < -0.39 is 10.0 Å². The summed E-state index contributed by atoms with van der Waals surface area (Å²) in [6, 6.07) is 17.0. The number of benzene rings is 2. The van der Waals surface area contributed by atoms with Crippen LogP contribution in [0.2, 0.25) is 0 Å². The lowest BCUT2D eigenvalue weighted by atomic mass is 10.3. The first-order chi connectivity index (χ1) is 10.1. The number of thioether (sulfide) groups is 1. The van der Waals surface area contributed by atoms with Crippen LogP contribution >= 0.6 is 11.8 Å². The van der Waals surface area contributed by atoms with Gasteiger partial charge in [-0.2, -0.15) is 0 Å². The van der Waals surface area contributed by atoms with Gasteiger partial charge in [-0.1, -0.05) is 30.3 Å². The van der Waals surface area contributed by atoms with Gasteiger partial charge in [0.1, 0.15) is 4.90 Å². The third kappa shape index (κ3) is 4.49. The maximum atomic E-state index is 11.9. The fourth-order valence-electron chi connectivity index (χ4n) is 1.83. The average Bonchev–Trinajstić information content (AvgIpc) is 2.53. The van der Waals surface area contributed by atoms with E-state index in [2.05, 4.69) is 22.2 Å². The van der Waals surface area contributed by atoms with E-state index in [1.54, 1.807) is 30.0 Å². The van der Waals surface area contributed by atoms with Crippen molar-refractivity contribution in [1.29, 1.82) is 0 Å². The first-order valence-corrected chi connectivity index (χ1v) is 9.04. The van der Waals surface area contributed by atoms with Crippen molar-refractivity contribution in [2.45, 2.75) is 9.79 Å². The maximum Gasteiger partial charge on any atom is 0.242 e. The van der Waals surface area contributed by atoms with Gasteiger partial charge in [0.05, 0.1) is 5.69 Å². The van der Waals surface area contributed by atoms with Crippen molar-refractivity contribution in [1.82, 2.24) is 4.72 Å². The van der Waals surface area contributed by atoms with Crippen LogP contribution in [0.4, 0.5) is 5.69 Å². The number of anilines is 1. The van der Waals surface area contributed by atoms with Crippen LogP contribution in [-0.4, -0.2) is 27.8 Å². The Hall–Kier alpha value is -1.50. The molecule has 112 valence electrons. The molecular formula is C15H18N2O2S2. The zero-order valence-corrected chi connectivity index (χ0v) is 13.4. The van der Waals surface area contributed by atoms with Gasteiger partial charge in [0.25, 0.3) is 0 Å². The van der Waals surface area contributed by atoms with Crippen molar-refractivity contribution in [3.63, 3.8) is 0 Å². The van der Waals surface area contributed by atoms with Crippen LogP contribution in [0.1, 0.15) is 0 Å². The maximum absolute atomic E-state index is 11.9. The van der Waals surface area contributed by atoms with E-state index in [0.29, 0.717) is 12.2 Å². The van der Waals surface area contributed by atoms with Crippen molar-refractivity contribution >= 4 is 27.5 Å². The quantitative estimate of drug-likeness (QED) is 0.608. The molecule has 2 aromatic rings. The number of hydrogen-bond donors (Lipinski definition) is 2. The van der Waals surface area contributed by atoms with Gasteiger partial charge in [-0.15, -0.1) is 11.8 Å². The standard InChI is InChI=1S/C15H18N2O2S2/c1-16-21(18,19)15-10-6-5-9-14(15)17-11-12-20-13-7-3-2-4-8-13/h2-10,16-17H,11-12H2,1H3. The van der Waals surface area contributed by atoms with Crippen LogP contribution in [-0.2, 0) is 10.0 Å². The molecule has 0 amide bonds. The Morgan fingerprint density at radius 2 is 1.67 bits per heavy atom. The molecule has 0 saturated heterocycles. The fourth-order valence-corrected chi connectivity index (χ4v) is 3.53. The van der Waals surface area contributed by atoms with Gasteiger partial charge in [0, 0.05) is 17.2 Å². The normalized spacial score (nSPS) is 11.3. The van der Waals surface area contributed by atoms with Crippen LogP contribution in [0.25, 0.3) is 0 Å². The Labute approximate surface area is 130 Å². The lowest BCUT2D eigenvalue weighted by Gasteiger charge is -2.11. The topological polar surface area (TPSA) is 58.2 Å². The second-order valence-corrected chi connectivity index (χ2v) is 7.32. The van der Waals surface area contributed by atoms with Crippen LogP contribution in [0, 0.1) is 0 Å². The summed E-state index contributed by atoms with van der Waals surface area (Å²) >= 11 is 1.73. The molecule has 4 nitrogen and oxygen atoms in total. The summed E-state index contributed by atoms with van der Waals surface area (Å²) in [4.78, 5) is 1.48. The van der Waals surface area contributed by atoms with E-state index in [9.17, 15) is 8.42 Å². The van der Waals surface area contributed by atoms with Crippen LogP contribution in [0.3, 0.4) is 0 Å². The molecule has 0 unspecified atom stereocenters. The Morgan fingerprint density at radius 3 is 2.38 bits per heavy atom. The molecule has 2 rings (SSSR count). The number of nitrogens with one attached hydrogen (secondary N) is 2. The van der Waals surface area contributed by atoms with E-state index in [1.165, 1.54) is 11.9 Å². The summed E-state index contributed by atoms with van der Waals surface area (Å²) in [6.45, 7) is 0.690. The molecule has 21 heavy (non-hydrogen) atoms. The zero-order valence-electron chi connectivity index (χ0n) is 11.7. The number of para-hydroxylation sites is 1. The van der Waals surface area contributed by atoms with Crippen molar-refractivity contribution in [2.24, 2.45) is 0 Å². The fraction of sp³-hybridized carbons (Fsp3) is 0.200. The lowest BCUT2D eigenvalue weighted by Crippen LogP contribution is -2.20. The van der Waals surface area contributed by atoms with Crippen LogP contribution in [0.5, 0.6) is 0 Å². The monoisotopic (exact) mass is 322 g/mol. The highest BCUT2D eigenvalue weighted by atomic mass is 32.2. The number of hydrogen-bond acceptors (Lipinski definition) is 4. The van der Waals surface area contributed by atoms with Gasteiger partial charge in [0.15, 0.2) is 0 Å². The molecular weight excluding hydrogens is 304 g/mol. The predicted octanol–water partition coefficient (Wildman–Crippen LogP) is 2.80. The third-order valence-corrected chi connectivity index (χ3v) is 5.36. The van der Waals surface area contributed by atoms with Gasteiger partial charge >= 0.3 is 0 Å². The van der Waals surface area contributed by atoms with Crippen LogP contribution in [0.15, 0.2) is 64.4 Å². The van der Waals surface area contributed by atoms with Gasteiger partial charge in [-0.05, 0) is 31.3 Å². The van der Waals surface area contributed by atoms with Crippen molar-refractivity contribution in [3.8, 4) is 0 Å². The summed E-state index contributed by atoms with van der Waals surface area (Å²) in [7, 11) is -2.02. The summed E-state index contributed by atoms with van der Waals surface area (Å²) in [5, 5.41) is 3.18. The molecule has 0 atom stereocenters. The van der Waals surface area contributed by atoms with Gasteiger partial charge < -0.3 is 5.32 Å². The van der Waals surface area contributed by atoms with E-state index in [0.717, 1.165) is 5.75 Å². The van der Waals surface area contributed by atoms with E-state index >= 15 is 0 Å². The van der Waals surface area contributed by atoms with Crippen molar-refractivity contribution in [2.75, 3.05) is 24.7 Å². The first-order valence-electron chi connectivity index (χ1n) is 6.58. The molecule has 2 N–H and O–H groups in total. The third-order valence-electron chi connectivity index (χ3n) is 2.87. The van der Waals surface area contributed by atoms with Crippen molar-refractivity contribution in [3.05, 3.63) is 54.6 Å². The summed E-state index contributed by atoms with van der Waals surface area (Å²) in [5.41, 5.74) is 0.625. The molecule has 0 heterocycles. The van der Waals surface area contributed by atoms with E-state index in [-0.39, 0.29) is 4.90 Å². The Morgan fingerprint density at radius 1 is 1.00 bits per heavy atom. The molecule has 0 aliphatic heterocycles. The molecule has 0 aliphatic rings. The first kappa shape index (κ1) is 15.9. The molecule has 0 bridgehead atoms. The second-order valence-electron chi connectivity index (χ2n) is 4.29. The van der Waals surface area contributed by atoms with Crippen molar-refractivity contribution < 1.29 is 8.42 Å². The molecule has 0 spiro atoms. The zero-order chi connectivity index (χ0) is 15.1. The SMILES string of the molecule is CNS(=O)(=O)c1ccccc1NCCSc1ccccc1. The molecule has 6 heteroatoms. The van der Waals surface area contributed by atoms with Gasteiger partial charge in [-0.25, -0.2) is 13.1 Å². The van der Waals surface area contributed by atoms with Crippen LogP contribution < -0.4 is 10.0 Å². The average molecular weight is 322 g/mol. The minimum atomic E-state index is -3.44. The summed E-state index contributed by atoms with van der Waals surface area (Å²) < 4.78 is 26.2. The molecule has 2 aromatic carbocycles. The minimum absolute atomic E-state index is 0.275. The largest absolute Gasteiger partial charge is 0.383 e. The van der Waals surface area contributed by atoms with Gasteiger partial charge in [0.2, 0.25) is 10.0 Å². The summed E-state index contributed by atoms with van der Waals surface area (Å²) in [5.74, 6) is 0.859. The smallest absolute Gasteiger partial charge is 0.242 e. The molecule has 0 fully saturated rings. The summed E-state index contributed by atoms with van der Waals surface area (Å²) in [6.07, 6.45) is 0. The molecule has 0 radical (unpaired) electrons. The predicted molar refractivity (Wildman–Crippen MR) is 88.3 cm³/mol. The number of rotatable bonds is 7. The molecule has 0 aromatic heterocycles. The number of sulfonamides is 1. The molecule has 0 saturated carbocycles. The van der Waals surface area contributed by atoms with E-state index in [4.69, 9.17) is 0 Å². The second kappa shape index (κ2) is 7.49. The minimum Gasteiger partial charge on any atom is -0.383 e. The lowest BCUT2D eigenvalue weighted by molar-refractivity contribution is 0.588. The molecule has 0 aliphatic carbocycles. The highest BCUT2D eigenvalue weighted by Crippen LogP contribution is 2.21. The Balaban J connectivity index is 1.95. The Kier molecular flexibility index (Phi) is 5.67. The highest BCUT2D eigenvalue weighted by Gasteiger charge is 2.15. The highest BCUT2D eigenvalue weighted by molar-refractivity contribution is 7.99. The van der Waals surface area contributed by atoms with E-state index in [1.807, 2.05) is 24.3 Å². The van der Waals surface area contributed by atoms with Gasteiger partial charge in [-0.3, -0.25) is 0 Å². The Bertz CT molecular complexity index is 673.